The van der Waals surface area contributed by atoms with Crippen molar-refractivity contribution in [1.29, 1.82) is 0 Å². The number of aromatic nitrogens is 1. The van der Waals surface area contributed by atoms with Gasteiger partial charge in [-0.05, 0) is 23.8 Å². The SMILES string of the molecule is COc1cc(C=CC(=O)Nc2nc(-c3ccccc3)cs2)cc(OC)c1OC. The van der Waals surface area contributed by atoms with E-state index < -0.39 is 0 Å². The van der Waals surface area contributed by atoms with Gasteiger partial charge < -0.3 is 14.2 Å². The van der Waals surface area contributed by atoms with Crippen LogP contribution in [0.1, 0.15) is 5.56 Å². The van der Waals surface area contributed by atoms with Gasteiger partial charge in [0, 0.05) is 17.0 Å². The Morgan fingerprint density at radius 3 is 2.32 bits per heavy atom. The predicted molar refractivity (Wildman–Crippen MR) is 111 cm³/mol. The Bertz CT molecular complexity index is 958. The van der Waals surface area contributed by atoms with Crippen LogP contribution in [0.4, 0.5) is 5.13 Å². The highest BCUT2D eigenvalue weighted by Crippen LogP contribution is 2.38. The van der Waals surface area contributed by atoms with Crippen molar-refractivity contribution in [3.8, 4) is 28.5 Å². The third-order valence-corrected chi connectivity index (χ3v) is 4.68. The number of hydrogen-bond acceptors (Lipinski definition) is 6. The number of carbonyl (C=O) groups is 1. The smallest absolute Gasteiger partial charge is 0.250 e. The Kier molecular flexibility index (Phi) is 6.29. The summed E-state index contributed by atoms with van der Waals surface area (Å²) in [4.78, 5) is 16.7. The second-order valence-corrected chi connectivity index (χ2v) is 6.54. The van der Waals surface area contributed by atoms with Crippen LogP contribution in [0.25, 0.3) is 17.3 Å². The number of carbonyl (C=O) groups excluding carboxylic acids is 1. The van der Waals surface area contributed by atoms with Gasteiger partial charge in [-0.2, -0.15) is 0 Å². The van der Waals surface area contributed by atoms with Crippen molar-refractivity contribution in [2.24, 2.45) is 0 Å². The number of thiazole rings is 1. The molecule has 0 aliphatic rings. The molecule has 0 bridgehead atoms. The van der Waals surface area contributed by atoms with Gasteiger partial charge in [-0.1, -0.05) is 30.3 Å². The van der Waals surface area contributed by atoms with E-state index in [4.69, 9.17) is 14.2 Å². The lowest BCUT2D eigenvalue weighted by Crippen LogP contribution is -2.07. The maximum absolute atomic E-state index is 12.2. The van der Waals surface area contributed by atoms with E-state index >= 15 is 0 Å². The summed E-state index contributed by atoms with van der Waals surface area (Å²) in [5.74, 6) is 1.27. The Morgan fingerprint density at radius 2 is 1.71 bits per heavy atom. The minimum atomic E-state index is -0.275. The van der Waals surface area contributed by atoms with Crippen molar-refractivity contribution in [2.75, 3.05) is 26.6 Å². The zero-order valence-corrected chi connectivity index (χ0v) is 16.6. The average Bonchev–Trinajstić information content (AvgIpc) is 3.20. The van der Waals surface area contributed by atoms with Crippen molar-refractivity contribution in [3.05, 3.63) is 59.5 Å². The Hall–Kier alpha value is -3.32. The molecule has 3 rings (SSSR count). The average molecular weight is 396 g/mol. The van der Waals surface area contributed by atoms with Gasteiger partial charge in [0.1, 0.15) is 0 Å². The van der Waals surface area contributed by atoms with Gasteiger partial charge in [0.15, 0.2) is 16.6 Å². The second kappa shape index (κ2) is 9.05. The molecular weight excluding hydrogens is 376 g/mol. The van der Waals surface area contributed by atoms with E-state index in [9.17, 15) is 4.79 Å². The van der Waals surface area contributed by atoms with Crippen molar-refractivity contribution in [3.63, 3.8) is 0 Å². The molecule has 0 unspecified atom stereocenters. The first-order chi connectivity index (χ1) is 13.6. The summed E-state index contributed by atoms with van der Waals surface area (Å²) in [6, 6.07) is 13.3. The molecular formula is C21H20N2O4S. The molecule has 1 amide bonds. The van der Waals surface area contributed by atoms with Gasteiger partial charge >= 0.3 is 0 Å². The minimum Gasteiger partial charge on any atom is -0.493 e. The van der Waals surface area contributed by atoms with Crippen LogP contribution in [0.2, 0.25) is 0 Å². The van der Waals surface area contributed by atoms with E-state index in [-0.39, 0.29) is 5.91 Å². The highest BCUT2D eigenvalue weighted by molar-refractivity contribution is 7.14. The highest BCUT2D eigenvalue weighted by Gasteiger charge is 2.12. The lowest BCUT2D eigenvalue weighted by molar-refractivity contribution is -0.111. The molecule has 1 heterocycles. The van der Waals surface area contributed by atoms with Gasteiger partial charge in [0.2, 0.25) is 11.7 Å². The Morgan fingerprint density at radius 1 is 1.04 bits per heavy atom. The maximum atomic E-state index is 12.2. The predicted octanol–water partition coefficient (Wildman–Crippen LogP) is 4.49. The molecule has 0 aliphatic heterocycles. The lowest BCUT2D eigenvalue weighted by atomic mass is 10.1. The maximum Gasteiger partial charge on any atom is 0.250 e. The van der Waals surface area contributed by atoms with Crippen LogP contribution in [0.3, 0.4) is 0 Å². The number of hydrogen-bond donors (Lipinski definition) is 1. The summed E-state index contributed by atoms with van der Waals surface area (Å²) in [6.45, 7) is 0. The molecule has 3 aromatic rings. The summed E-state index contributed by atoms with van der Waals surface area (Å²) in [5.41, 5.74) is 2.58. The molecule has 6 nitrogen and oxygen atoms in total. The van der Waals surface area contributed by atoms with Crippen LogP contribution >= 0.6 is 11.3 Å². The quantitative estimate of drug-likeness (QED) is 0.596. The van der Waals surface area contributed by atoms with Crippen LogP contribution < -0.4 is 19.5 Å². The van der Waals surface area contributed by atoms with Crippen LogP contribution in [0.5, 0.6) is 17.2 Å². The molecule has 1 aromatic heterocycles. The van der Waals surface area contributed by atoms with Gasteiger partial charge in [0.25, 0.3) is 0 Å². The first-order valence-corrected chi connectivity index (χ1v) is 9.32. The molecule has 0 saturated carbocycles. The molecule has 0 saturated heterocycles. The van der Waals surface area contributed by atoms with E-state index in [1.165, 1.54) is 17.4 Å². The zero-order valence-electron chi connectivity index (χ0n) is 15.8. The zero-order chi connectivity index (χ0) is 19.9. The van der Waals surface area contributed by atoms with Gasteiger partial charge in [0.05, 0.1) is 27.0 Å². The fraction of sp³-hybridized carbons (Fsp3) is 0.143. The number of rotatable bonds is 7. The largest absolute Gasteiger partial charge is 0.493 e. The second-order valence-electron chi connectivity index (χ2n) is 5.69. The third-order valence-electron chi connectivity index (χ3n) is 3.92. The topological polar surface area (TPSA) is 69.7 Å². The molecule has 0 spiro atoms. The van der Waals surface area contributed by atoms with E-state index in [0.717, 1.165) is 16.8 Å². The molecule has 0 radical (unpaired) electrons. The Balaban J connectivity index is 1.71. The summed E-state index contributed by atoms with van der Waals surface area (Å²) < 4.78 is 15.9. The van der Waals surface area contributed by atoms with E-state index in [1.807, 2.05) is 35.7 Å². The van der Waals surface area contributed by atoms with Crippen molar-refractivity contribution in [1.82, 2.24) is 4.98 Å². The summed E-state index contributed by atoms with van der Waals surface area (Å²) in [6.07, 6.45) is 3.11. The number of nitrogens with zero attached hydrogens (tertiary/aromatic N) is 1. The number of methoxy groups -OCH3 is 3. The monoisotopic (exact) mass is 396 g/mol. The molecule has 7 heteroatoms. The van der Waals surface area contributed by atoms with Crippen LogP contribution in [-0.4, -0.2) is 32.2 Å². The fourth-order valence-corrected chi connectivity index (χ4v) is 3.31. The molecule has 0 aliphatic carbocycles. The van der Waals surface area contributed by atoms with Gasteiger partial charge in [-0.3, -0.25) is 10.1 Å². The van der Waals surface area contributed by atoms with Crippen molar-refractivity contribution < 1.29 is 19.0 Å². The number of ether oxygens (including phenoxy) is 3. The highest BCUT2D eigenvalue weighted by atomic mass is 32.1. The number of anilines is 1. The number of benzene rings is 2. The summed E-state index contributed by atoms with van der Waals surface area (Å²) in [5, 5.41) is 5.23. The molecule has 0 atom stereocenters. The summed E-state index contributed by atoms with van der Waals surface area (Å²) in [7, 11) is 4.63. The fourth-order valence-electron chi connectivity index (χ4n) is 2.59. The van der Waals surface area contributed by atoms with Gasteiger partial charge in [-0.25, -0.2) is 4.98 Å². The van der Waals surface area contributed by atoms with E-state index in [1.54, 1.807) is 39.5 Å². The first-order valence-electron chi connectivity index (χ1n) is 8.44. The summed E-state index contributed by atoms with van der Waals surface area (Å²) >= 11 is 1.38. The lowest BCUT2D eigenvalue weighted by Gasteiger charge is -2.12. The normalized spacial score (nSPS) is 10.7. The van der Waals surface area contributed by atoms with Crippen LogP contribution in [0.15, 0.2) is 53.9 Å². The Labute approximate surface area is 167 Å². The van der Waals surface area contributed by atoms with Gasteiger partial charge in [-0.15, -0.1) is 11.3 Å². The van der Waals surface area contributed by atoms with Crippen molar-refractivity contribution in [2.45, 2.75) is 0 Å². The van der Waals surface area contributed by atoms with E-state index in [0.29, 0.717) is 22.4 Å². The molecule has 1 N–H and O–H groups in total. The first kappa shape index (κ1) is 19.4. The number of amides is 1. The van der Waals surface area contributed by atoms with Crippen LogP contribution in [-0.2, 0) is 4.79 Å². The van der Waals surface area contributed by atoms with E-state index in [2.05, 4.69) is 10.3 Å². The van der Waals surface area contributed by atoms with Crippen molar-refractivity contribution >= 4 is 28.5 Å². The molecule has 144 valence electrons. The number of nitrogens with one attached hydrogen (secondary N) is 1. The molecule has 0 fully saturated rings. The standard InChI is InChI=1S/C21H20N2O4S/c1-25-17-11-14(12-18(26-2)20(17)27-3)9-10-19(24)23-21-22-16(13-28-21)15-7-5-4-6-8-15/h4-13H,1-3H3,(H,22,23,24). The molecule has 28 heavy (non-hydrogen) atoms. The third kappa shape index (κ3) is 4.50. The van der Waals surface area contributed by atoms with Crippen LogP contribution in [0, 0.1) is 0 Å². The minimum absolute atomic E-state index is 0.275. The molecule has 2 aromatic carbocycles.